The van der Waals surface area contributed by atoms with Gasteiger partial charge >= 0.3 is 0 Å². The van der Waals surface area contributed by atoms with Gasteiger partial charge in [-0.15, -0.1) is 0 Å². The van der Waals surface area contributed by atoms with Crippen molar-refractivity contribution in [1.29, 1.82) is 0 Å². The van der Waals surface area contributed by atoms with E-state index in [4.69, 9.17) is 17.3 Å². The molecule has 0 amide bonds. The van der Waals surface area contributed by atoms with Crippen molar-refractivity contribution in [2.75, 3.05) is 32.1 Å². The molecule has 0 aromatic heterocycles. The minimum atomic E-state index is 0.199. The number of hydrogen-bond donors (Lipinski definition) is 1. The SMILES string of the molecule is CCC(N)Cc1cccc(Cl)c1N(C)C1CCCN(C)C1. The molecule has 1 heterocycles. The average molecular weight is 310 g/mol. The molecule has 2 atom stereocenters. The number of benzene rings is 1. The van der Waals surface area contributed by atoms with Crippen LogP contribution in [0.5, 0.6) is 0 Å². The Bertz CT molecular complexity index is 463. The van der Waals surface area contributed by atoms with Crippen molar-refractivity contribution in [3.63, 3.8) is 0 Å². The molecule has 118 valence electrons. The Kier molecular flexibility index (Phi) is 5.91. The van der Waals surface area contributed by atoms with E-state index in [-0.39, 0.29) is 6.04 Å². The van der Waals surface area contributed by atoms with Gasteiger partial charge in [0.15, 0.2) is 0 Å². The van der Waals surface area contributed by atoms with Crippen LogP contribution in [-0.2, 0) is 6.42 Å². The summed E-state index contributed by atoms with van der Waals surface area (Å²) in [6.45, 7) is 4.43. The van der Waals surface area contributed by atoms with Crippen LogP contribution in [0.3, 0.4) is 0 Å². The van der Waals surface area contributed by atoms with E-state index in [1.807, 2.05) is 12.1 Å². The van der Waals surface area contributed by atoms with Crippen LogP contribution in [0.25, 0.3) is 0 Å². The number of halogens is 1. The van der Waals surface area contributed by atoms with Gasteiger partial charge in [0.25, 0.3) is 0 Å². The molecule has 3 nitrogen and oxygen atoms in total. The zero-order valence-electron chi connectivity index (χ0n) is 13.5. The van der Waals surface area contributed by atoms with E-state index in [9.17, 15) is 0 Å². The zero-order valence-corrected chi connectivity index (χ0v) is 14.2. The van der Waals surface area contributed by atoms with Crippen LogP contribution in [0.4, 0.5) is 5.69 Å². The lowest BCUT2D eigenvalue weighted by atomic mass is 9.99. The van der Waals surface area contributed by atoms with Crippen LogP contribution in [-0.4, -0.2) is 44.2 Å². The maximum absolute atomic E-state index is 6.51. The smallest absolute Gasteiger partial charge is 0.0642 e. The van der Waals surface area contributed by atoms with E-state index in [1.165, 1.54) is 30.6 Å². The zero-order chi connectivity index (χ0) is 15.4. The average Bonchev–Trinajstić information content (AvgIpc) is 2.46. The van der Waals surface area contributed by atoms with Crippen LogP contribution < -0.4 is 10.6 Å². The van der Waals surface area contributed by atoms with Crippen molar-refractivity contribution in [3.05, 3.63) is 28.8 Å². The summed E-state index contributed by atoms with van der Waals surface area (Å²) < 4.78 is 0. The molecule has 0 radical (unpaired) electrons. The highest BCUT2D eigenvalue weighted by Crippen LogP contribution is 2.33. The summed E-state index contributed by atoms with van der Waals surface area (Å²) in [6, 6.07) is 6.91. The second-order valence-electron chi connectivity index (χ2n) is 6.29. The molecule has 1 aromatic rings. The van der Waals surface area contributed by atoms with Crippen molar-refractivity contribution in [2.45, 2.75) is 44.7 Å². The van der Waals surface area contributed by atoms with Gasteiger partial charge in [0.05, 0.1) is 10.7 Å². The fraction of sp³-hybridized carbons (Fsp3) is 0.647. The molecule has 2 rings (SSSR count). The van der Waals surface area contributed by atoms with Gasteiger partial charge in [-0.1, -0.05) is 30.7 Å². The minimum Gasteiger partial charge on any atom is -0.369 e. The molecule has 4 heteroatoms. The molecule has 1 aromatic carbocycles. The predicted molar refractivity (Wildman–Crippen MR) is 92.3 cm³/mol. The van der Waals surface area contributed by atoms with Gasteiger partial charge in [-0.3, -0.25) is 0 Å². The van der Waals surface area contributed by atoms with Crippen LogP contribution in [0.1, 0.15) is 31.7 Å². The van der Waals surface area contributed by atoms with E-state index < -0.39 is 0 Å². The van der Waals surface area contributed by atoms with Crippen LogP contribution in [0.2, 0.25) is 5.02 Å². The van der Waals surface area contributed by atoms with E-state index in [0.29, 0.717) is 6.04 Å². The van der Waals surface area contributed by atoms with E-state index in [1.54, 1.807) is 0 Å². The normalized spacial score (nSPS) is 21.3. The third-order valence-electron chi connectivity index (χ3n) is 4.58. The van der Waals surface area contributed by atoms with E-state index >= 15 is 0 Å². The Balaban J connectivity index is 2.24. The number of likely N-dealkylation sites (tertiary alicyclic amines) is 1. The Labute approximate surface area is 134 Å². The first-order valence-electron chi connectivity index (χ1n) is 7.97. The Morgan fingerprint density at radius 1 is 1.48 bits per heavy atom. The van der Waals surface area contributed by atoms with Crippen LogP contribution in [0.15, 0.2) is 18.2 Å². The number of para-hydroxylation sites is 1. The third kappa shape index (κ3) is 4.12. The molecule has 1 fully saturated rings. The minimum absolute atomic E-state index is 0.199. The fourth-order valence-corrected chi connectivity index (χ4v) is 3.51. The first-order valence-corrected chi connectivity index (χ1v) is 8.35. The molecule has 2 unspecified atom stereocenters. The van der Waals surface area contributed by atoms with Gasteiger partial charge in [-0.2, -0.15) is 0 Å². The number of nitrogens with two attached hydrogens (primary N) is 1. The second-order valence-corrected chi connectivity index (χ2v) is 6.70. The topological polar surface area (TPSA) is 32.5 Å². The first kappa shape index (κ1) is 16.6. The number of likely N-dealkylation sites (N-methyl/N-ethyl adjacent to an activating group) is 2. The number of hydrogen-bond acceptors (Lipinski definition) is 3. The van der Waals surface area contributed by atoms with E-state index in [0.717, 1.165) is 24.4 Å². The lowest BCUT2D eigenvalue weighted by Crippen LogP contribution is -2.45. The Morgan fingerprint density at radius 3 is 2.90 bits per heavy atom. The number of nitrogens with zero attached hydrogens (tertiary/aromatic N) is 2. The summed E-state index contributed by atoms with van der Waals surface area (Å²) in [7, 11) is 4.37. The summed E-state index contributed by atoms with van der Waals surface area (Å²) in [4.78, 5) is 4.77. The summed E-state index contributed by atoms with van der Waals surface area (Å²) in [5.74, 6) is 0. The third-order valence-corrected chi connectivity index (χ3v) is 4.88. The van der Waals surface area contributed by atoms with Gasteiger partial charge < -0.3 is 15.5 Å². The molecule has 1 aliphatic heterocycles. The Hall–Kier alpha value is -0.770. The molecule has 2 N–H and O–H groups in total. The van der Waals surface area contributed by atoms with Crippen LogP contribution in [0, 0.1) is 0 Å². The molecule has 1 saturated heterocycles. The van der Waals surface area contributed by atoms with Crippen LogP contribution >= 0.6 is 11.6 Å². The summed E-state index contributed by atoms with van der Waals surface area (Å²) in [6.07, 6.45) is 4.35. The highest BCUT2D eigenvalue weighted by molar-refractivity contribution is 6.33. The summed E-state index contributed by atoms with van der Waals surface area (Å²) in [5.41, 5.74) is 8.60. The molecule has 0 saturated carbocycles. The number of rotatable bonds is 5. The molecular weight excluding hydrogens is 282 g/mol. The quantitative estimate of drug-likeness (QED) is 0.907. The van der Waals surface area contributed by atoms with Gasteiger partial charge in [0.2, 0.25) is 0 Å². The molecule has 0 aliphatic carbocycles. The van der Waals surface area contributed by atoms with Crippen molar-refractivity contribution in [2.24, 2.45) is 5.73 Å². The Morgan fingerprint density at radius 2 is 2.24 bits per heavy atom. The lowest BCUT2D eigenvalue weighted by Gasteiger charge is -2.38. The van der Waals surface area contributed by atoms with Crippen molar-refractivity contribution in [3.8, 4) is 0 Å². The molecule has 0 bridgehead atoms. The highest BCUT2D eigenvalue weighted by atomic mass is 35.5. The molecule has 21 heavy (non-hydrogen) atoms. The highest BCUT2D eigenvalue weighted by Gasteiger charge is 2.24. The van der Waals surface area contributed by atoms with Crippen molar-refractivity contribution < 1.29 is 0 Å². The van der Waals surface area contributed by atoms with Gasteiger partial charge in [0, 0.05) is 25.7 Å². The van der Waals surface area contributed by atoms with Crippen molar-refractivity contribution in [1.82, 2.24) is 4.90 Å². The second kappa shape index (κ2) is 7.48. The van der Waals surface area contributed by atoms with Gasteiger partial charge in [-0.05, 0) is 50.9 Å². The first-order chi connectivity index (χ1) is 10.0. The number of anilines is 1. The fourth-order valence-electron chi connectivity index (χ4n) is 3.18. The number of piperidine rings is 1. The van der Waals surface area contributed by atoms with E-state index in [2.05, 4.69) is 36.9 Å². The monoisotopic (exact) mass is 309 g/mol. The standard InChI is InChI=1S/C17H28ClN3/c1-4-14(19)11-13-7-5-9-16(18)17(13)21(3)15-8-6-10-20(2)12-15/h5,7,9,14-15H,4,6,8,10-12,19H2,1-3H3. The maximum Gasteiger partial charge on any atom is 0.0642 e. The predicted octanol–water partition coefficient (Wildman–Crippen LogP) is 3.15. The molecule has 0 spiro atoms. The summed E-state index contributed by atoms with van der Waals surface area (Å²) >= 11 is 6.51. The van der Waals surface area contributed by atoms with Gasteiger partial charge in [-0.25, -0.2) is 0 Å². The maximum atomic E-state index is 6.51. The molecule has 1 aliphatic rings. The summed E-state index contributed by atoms with van der Waals surface area (Å²) in [5, 5.41) is 0.839. The molecular formula is C17H28ClN3. The largest absolute Gasteiger partial charge is 0.369 e. The van der Waals surface area contributed by atoms with Crippen molar-refractivity contribution >= 4 is 17.3 Å². The lowest BCUT2D eigenvalue weighted by molar-refractivity contribution is 0.248. The van der Waals surface area contributed by atoms with Gasteiger partial charge in [0.1, 0.15) is 0 Å².